The predicted molar refractivity (Wildman–Crippen MR) is 65.8 cm³/mol. The van der Waals surface area contributed by atoms with Crippen molar-refractivity contribution in [2.75, 3.05) is 18.9 Å². The second-order valence-corrected chi connectivity index (χ2v) is 3.88. The number of unbranched alkanes of at least 4 members (excludes halogenated alkanes) is 3. The summed E-state index contributed by atoms with van der Waals surface area (Å²) in [7, 11) is 0. The van der Waals surface area contributed by atoms with E-state index in [1.165, 1.54) is 0 Å². The van der Waals surface area contributed by atoms with E-state index in [4.69, 9.17) is 10.6 Å². The third-order valence-corrected chi connectivity index (χ3v) is 2.27. The van der Waals surface area contributed by atoms with Crippen molar-refractivity contribution in [2.24, 2.45) is 5.73 Å². The Morgan fingerprint density at radius 2 is 1.94 bits per heavy atom. The zero-order valence-corrected chi connectivity index (χ0v) is 10.5. The highest BCUT2D eigenvalue weighted by Crippen LogP contribution is 2.02. The number of nitrogens with one attached hydrogen (secondary N) is 1. The fourth-order valence-corrected chi connectivity index (χ4v) is 1.20. The molecule has 0 unspecified atom stereocenters. The highest BCUT2D eigenvalue weighted by Gasteiger charge is 2.02. The Morgan fingerprint density at radius 3 is 2.62 bits per heavy atom. The zero-order valence-electron chi connectivity index (χ0n) is 9.61. The first-order chi connectivity index (χ1) is 7.81. The smallest absolute Gasteiger partial charge is 0.327 e. The SMILES string of the molecule is NCCCCCCC(=O)ONOCCCS. The quantitative estimate of drug-likeness (QED) is 0.292. The molecule has 0 aromatic rings. The van der Waals surface area contributed by atoms with Crippen LogP contribution in [0, 0.1) is 0 Å². The van der Waals surface area contributed by atoms with Gasteiger partial charge in [0.2, 0.25) is 0 Å². The van der Waals surface area contributed by atoms with Gasteiger partial charge in [-0.1, -0.05) is 12.8 Å². The molecule has 0 aliphatic heterocycles. The Morgan fingerprint density at radius 1 is 1.19 bits per heavy atom. The molecule has 0 bridgehead atoms. The second-order valence-electron chi connectivity index (χ2n) is 3.44. The fraction of sp³-hybridized carbons (Fsp3) is 0.900. The van der Waals surface area contributed by atoms with Gasteiger partial charge in [0.05, 0.1) is 6.61 Å². The summed E-state index contributed by atoms with van der Waals surface area (Å²) in [6, 6.07) is 0. The third-order valence-electron chi connectivity index (χ3n) is 1.95. The van der Waals surface area contributed by atoms with E-state index in [1.54, 1.807) is 0 Å². The molecule has 0 heterocycles. The van der Waals surface area contributed by atoms with Crippen LogP contribution in [0.5, 0.6) is 0 Å². The molecule has 16 heavy (non-hydrogen) atoms. The van der Waals surface area contributed by atoms with Crippen LogP contribution >= 0.6 is 12.6 Å². The van der Waals surface area contributed by atoms with Gasteiger partial charge in [-0.2, -0.15) is 12.6 Å². The van der Waals surface area contributed by atoms with Crippen molar-refractivity contribution in [2.45, 2.75) is 38.5 Å². The minimum Gasteiger partial charge on any atom is -0.345 e. The van der Waals surface area contributed by atoms with Crippen LogP contribution in [0.2, 0.25) is 0 Å². The van der Waals surface area contributed by atoms with Crippen molar-refractivity contribution < 1.29 is 14.5 Å². The average Bonchev–Trinajstić information content (AvgIpc) is 2.28. The molecule has 0 aromatic heterocycles. The van der Waals surface area contributed by atoms with Gasteiger partial charge in [-0.25, -0.2) is 0 Å². The summed E-state index contributed by atoms with van der Waals surface area (Å²) >= 11 is 4.01. The Bertz CT molecular complexity index is 154. The van der Waals surface area contributed by atoms with Gasteiger partial charge in [0.1, 0.15) is 0 Å². The summed E-state index contributed by atoms with van der Waals surface area (Å²) < 4.78 is 0. The van der Waals surface area contributed by atoms with Crippen LogP contribution in [0.3, 0.4) is 0 Å². The van der Waals surface area contributed by atoms with Crippen molar-refractivity contribution in [3.8, 4) is 0 Å². The Kier molecular flexibility index (Phi) is 12.5. The van der Waals surface area contributed by atoms with Gasteiger partial charge in [-0.05, 0) is 37.2 Å². The average molecular weight is 250 g/mol. The first kappa shape index (κ1) is 15.7. The molecule has 0 fully saturated rings. The van der Waals surface area contributed by atoms with Gasteiger partial charge in [0.25, 0.3) is 0 Å². The molecule has 0 rings (SSSR count). The van der Waals surface area contributed by atoms with E-state index in [1.807, 2.05) is 0 Å². The molecule has 0 radical (unpaired) electrons. The summed E-state index contributed by atoms with van der Waals surface area (Å²) in [5.41, 5.74) is 7.52. The molecule has 0 saturated carbocycles. The largest absolute Gasteiger partial charge is 0.345 e. The summed E-state index contributed by atoms with van der Waals surface area (Å²) in [6.45, 7) is 1.19. The van der Waals surface area contributed by atoms with E-state index < -0.39 is 0 Å². The lowest BCUT2D eigenvalue weighted by Crippen LogP contribution is -2.20. The summed E-state index contributed by atoms with van der Waals surface area (Å²) in [4.78, 5) is 20.6. The van der Waals surface area contributed by atoms with Crippen LogP contribution in [0.4, 0.5) is 0 Å². The maximum Gasteiger partial charge on any atom is 0.327 e. The van der Waals surface area contributed by atoms with Crippen molar-refractivity contribution >= 4 is 18.6 Å². The summed E-state index contributed by atoms with van der Waals surface area (Å²) in [5.74, 6) is 0.454. The van der Waals surface area contributed by atoms with E-state index in [0.717, 1.165) is 37.9 Å². The molecular formula is C10H22N2O3S. The van der Waals surface area contributed by atoms with Crippen molar-refractivity contribution in [1.29, 1.82) is 0 Å². The molecule has 0 saturated heterocycles. The normalized spacial score (nSPS) is 10.4. The minimum atomic E-state index is -0.293. The highest BCUT2D eigenvalue weighted by molar-refractivity contribution is 7.80. The molecule has 0 atom stereocenters. The topological polar surface area (TPSA) is 73.6 Å². The van der Waals surface area contributed by atoms with Crippen LogP contribution in [0.15, 0.2) is 0 Å². The molecular weight excluding hydrogens is 228 g/mol. The number of carbonyl (C=O) groups excluding carboxylic acids is 1. The molecule has 0 spiro atoms. The molecule has 3 N–H and O–H groups in total. The zero-order chi connectivity index (χ0) is 12.1. The van der Waals surface area contributed by atoms with Crippen molar-refractivity contribution in [3.05, 3.63) is 0 Å². The van der Waals surface area contributed by atoms with E-state index in [0.29, 0.717) is 19.6 Å². The van der Waals surface area contributed by atoms with Crippen molar-refractivity contribution in [1.82, 2.24) is 5.64 Å². The Labute approximate surface area is 102 Å². The van der Waals surface area contributed by atoms with E-state index in [-0.39, 0.29) is 5.97 Å². The second kappa shape index (κ2) is 12.8. The molecule has 96 valence electrons. The van der Waals surface area contributed by atoms with Gasteiger partial charge in [-0.15, -0.1) is 0 Å². The summed E-state index contributed by atoms with van der Waals surface area (Å²) in [6.07, 6.45) is 5.14. The van der Waals surface area contributed by atoms with Crippen LogP contribution < -0.4 is 11.4 Å². The number of nitrogens with two attached hydrogens (primary N) is 1. The van der Waals surface area contributed by atoms with E-state index in [2.05, 4.69) is 23.1 Å². The van der Waals surface area contributed by atoms with Gasteiger partial charge in [-0.3, -0.25) is 9.63 Å². The fourth-order valence-electron chi connectivity index (χ4n) is 1.07. The molecule has 0 aliphatic rings. The third kappa shape index (κ3) is 11.8. The van der Waals surface area contributed by atoms with Crippen LogP contribution in [-0.4, -0.2) is 24.9 Å². The molecule has 0 amide bonds. The van der Waals surface area contributed by atoms with Gasteiger partial charge in [0.15, 0.2) is 0 Å². The standard InChI is InChI=1S/C10H22N2O3S/c11-7-4-2-1-3-6-10(13)15-12-14-8-5-9-16/h12,16H,1-9,11H2. The molecule has 6 heteroatoms. The first-order valence-electron chi connectivity index (χ1n) is 5.68. The Balaban J connectivity index is 3.12. The highest BCUT2D eigenvalue weighted by atomic mass is 32.1. The molecule has 0 aliphatic carbocycles. The number of rotatable bonds is 11. The predicted octanol–water partition coefficient (Wildman–Crippen LogP) is 1.19. The number of thiol groups is 1. The number of hydrogen-bond acceptors (Lipinski definition) is 6. The number of hydrogen-bond donors (Lipinski definition) is 3. The Hall–Kier alpha value is -0.300. The lowest BCUT2D eigenvalue weighted by atomic mass is 10.1. The van der Waals surface area contributed by atoms with Crippen LogP contribution in [0.1, 0.15) is 38.5 Å². The number of carbonyl (C=O) groups is 1. The molecule has 0 aromatic carbocycles. The molecule has 5 nitrogen and oxygen atoms in total. The lowest BCUT2D eigenvalue weighted by molar-refractivity contribution is -0.191. The van der Waals surface area contributed by atoms with Crippen LogP contribution in [-0.2, 0) is 14.5 Å². The van der Waals surface area contributed by atoms with E-state index in [9.17, 15) is 4.79 Å². The van der Waals surface area contributed by atoms with E-state index >= 15 is 0 Å². The van der Waals surface area contributed by atoms with Crippen LogP contribution in [0.25, 0.3) is 0 Å². The maximum absolute atomic E-state index is 11.1. The summed E-state index contributed by atoms with van der Waals surface area (Å²) in [5, 5.41) is 0. The maximum atomic E-state index is 11.1. The van der Waals surface area contributed by atoms with Gasteiger partial charge in [0, 0.05) is 6.42 Å². The minimum absolute atomic E-state index is 0.293. The van der Waals surface area contributed by atoms with Crippen molar-refractivity contribution in [3.63, 3.8) is 0 Å². The monoisotopic (exact) mass is 250 g/mol. The van der Waals surface area contributed by atoms with Gasteiger partial charge >= 0.3 is 5.97 Å². The first-order valence-corrected chi connectivity index (χ1v) is 6.32. The lowest BCUT2D eigenvalue weighted by Gasteiger charge is -2.05. The van der Waals surface area contributed by atoms with Gasteiger partial charge < -0.3 is 10.6 Å².